The maximum atomic E-state index is 12.7. The number of hydrogen-bond acceptors (Lipinski definition) is 2. The van der Waals surface area contributed by atoms with Crippen molar-refractivity contribution in [3.8, 4) is 0 Å². The van der Waals surface area contributed by atoms with Crippen LogP contribution in [-0.2, 0) is 4.79 Å². The summed E-state index contributed by atoms with van der Waals surface area (Å²) in [6, 6.07) is 11.4. The third-order valence-corrected chi connectivity index (χ3v) is 3.96. The number of alkyl halides is 1. The van der Waals surface area contributed by atoms with Crippen molar-refractivity contribution in [1.82, 2.24) is 0 Å². The molecule has 114 valence electrons. The van der Waals surface area contributed by atoms with Crippen LogP contribution in [0.3, 0.4) is 0 Å². The van der Waals surface area contributed by atoms with Crippen molar-refractivity contribution in [2.24, 2.45) is 0 Å². The second-order valence-corrected chi connectivity index (χ2v) is 5.67. The number of carbonyl (C=O) groups excluding carboxylic acids is 2. The van der Waals surface area contributed by atoms with Gasteiger partial charge in [-0.3, -0.25) is 9.59 Å². The highest BCUT2D eigenvalue weighted by atomic mass is 35.5. The van der Waals surface area contributed by atoms with Crippen molar-refractivity contribution in [2.45, 2.75) is 0 Å². The summed E-state index contributed by atoms with van der Waals surface area (Å²) < 4.78 is 0. The van der Waals surface area contributed by atoms with E-state index < -0.39 is 0 Å². The molecule has 2 rings (SSSR count). The predicted molar refractivity (Wildman–Crippen MR) is 90.5 cm³/mol. The van der Waals surface area contributed by atoms with E-state index in [9.17, 15) is 9.59 Å². The predicted octanol–water partition coefficient (Wildman–Crippen LogP) is 4.43. The second-order valence-electron chi connectivity index (χ2n) is 4.56. The second kappa shape index (κ2) is 7.14. The minimum Gasteiger partial charge on any atom is -0.314 e. The molecule has 0 bridgehead atoms. The summed E-state index contributed by atoms with van der Waals surface area (Å²) in [6.07, 6.45) is 0. The minimum atomic E-state index is -0.322. The first-order valence-electron chi connectivity index (χ1n) is 6.37. The van der Waals surface area contributed by atoms with Crippen molar-refractivity contribution in [1.29, 1.82) is 0 Å². The number of carbonyl (C=O) groups is 2. The number of hydrogen-bond donors (Lipinski definition) is 0. The third kappa shape index (κ3) is 3.43. The van der Waals surface area contributed by atoms with Gasteiger partial charge in [-0.15, -0.1) is 11.6 Å². The van der Waals surface area contributed by atoms with Crippen LogP contribution in [0, 0.1) is 0 Å². The lowest BCUT2D eigenvalue weighted by Crippen LogP contribution is -2.29. The molecule has 0 fully saturated rings. The van der Waals surface area contributed by atoms with Crippen molar-refractivity contribution in [2.75, 3.05) is 17.8 Å². The topological polar surface area (TPSA) is 37.4 Å². The third-order valence-electron chi connectivity index (χ3n) is 3.17. The highest BCUT2D eigenvalue weighted by molar-refractivity contribution is 6.36. The van der Waals surface area contributed by atoms with E-state index in [1.807, 2.05) is 0 Å². The number of amides is 1. The van der Waals surface area contributed by atoms with Crippen LogP contribution in [0.25, 0.3) is 0 Å². The summed E-state index contributed by atoms with van der Waals surface area (Å²) in [7, 11) is 1.55. The van der Waals surface area contributed by atoms with Gasteiger partial charge in [0.1, 0.15) is 5.88 Å². The lowest BCUT2D eigenvalue weighted by atomic mass is 10.0. The monoisotopic (exact) mass is 355 g/mol. The van der Waals surface area contributed by atoms with Crippen molar-refractivity contribution >= 4 is 52.2 Å². The van der Waals surface area contributed by atoms with Gasteiger partial charge in [-0.05, 0) is 30.3 Å². The Morgan fingerprint density at radius 3 is 2.36 bits per heavy atom. The minimum absolute atomic E-state index is 0.182. The van der Waals surface area contributed by atoms with E-state index in [-0.39, 0.29) is 17.6 Å². The summed E-state index contributed by atoms with van der Waals surface area (Å²) in [5.41, 5.74) is 1.07. The molecule has 0 aliphatic heterocycles. The summed E-state index contributed by atoms with van der Waals surface area (Å²) in [6.45, 7) is 0. The van der Waals surface area contributed by atoms with Gasteiger partial charge in [0.15, 0.2) is 5.78 Å². The van der Waals surface area contributed by atoms with E-state index in [1.54, 1.807) is 43.4 Å². The van der Waals surface area contributed by atoms with E-state index in [4.69, 9.17) is 34.8 Å². The number of nitrogens with zero attached hydrogens (tertiary/aromatic N) is 1. The van der Waals surface area contributed by atoms with Gasteiger partial charge in [0.25, 0.3) is 0 Å². The molecule has 0 aliphatic carbocycles. The van der Waals surface area contributed by atoms with Gasteiger partial charge in [-0.1, -0.05) is 35.3 Å². The molecule has 0 saturated heterocycles. The average Bonchev–Trinajstić information content (AvgIpc) is 2.53. The first-order valence-corrected chi connectivity index (χ1v) is 7.66. The molecule has 0 aromatic heterocycles. The molecule has 22 heavy (non-hydrogen) atoms. The van der Waals surface area contributed by atoms with Crippen LogP contribution in [0.1, 0.15) is 15.9 Å². The fourth-order valence-electron chi connectivity index (χ4n) is 2.00. The van der Waals surface area contributed by atoms with Crippen LogP contribution in [0.15, 0.2) is 42.5 Å². The van der Waals surface area contributed by atoms with Crippen molar-refractivity contribution < 1.29 is 9.59 Å². The maximum Gasteiger partial charge on any atom is 0.241 e. The van der Waals surface area contributed by atoms with E-state index >= 15 is 0 Å². The van der Waals surface area contributed by atoms with Crippen LogP contribution < -0.4 is 4.90 Å². The van der Waals surface area contributed by atoms with Crippen LogP contribution >= 0.6 is 34.8 Å². The summed E-state index contributed by atoms with van der Waals surface area (Å²) >= 11 is 17.6. The summed E-state index contributed by atoms with van der Waals surface area (Å²) in [5, 5.41) is 0.732. The molecule has 0 heterocycles. The van der Waals surface area contributed by atoms with E-state index in [0.29, 0.717) is 26.9 Å². The Bertz CT molecular complexity index is 731. The van der Waals surface area contributed by atoms with Gasteiger partial charge in [-0.2, -0.15) is 0 Å². The number of ketones is 1. The SMILES string of the molecule is CN(C(=O)CCl)c1ccc(Cl)cc1C(=O)c1ccccc1Cl. The molecule has 0 atom stereocenters. The average molecular weight is 357 g/mol. The summed E-state index contributed by atoms with van der Waals surface area (Å²) in [4.78, 5) is 25.9. The van der Waals surface area contributed by atoms with Gasteiger partial charge in [-0.25, -0.2) is 0 Å². The van der Waals surface area contributed by atoms with Gasteiger partial charge in [0.05, 0.1) is 10.7 Å². The van der Waals surface area contributed by atoms with E-state index in [1.165, 1.54) is 11.0 Å². The highest BCUT2D eigenvalue weighted by Gasteiger charge is 2.21. The molecule has 0 unspecified atom stereocenters. The first-order chi connectivity index (χ1) is 10.5. The molecule has 3 nitrogen and oxygen atoms in total. The molecule has 0 radical (unpaired) electrons. The fourth-order valence-corrected chi connectivity index (χ4v) is 2.57. The lowest BCUT2D eigenvalue weighted by Gasteiger charge is -2.19. The standard InChI is InChI=1S/C16H12Cl3NO2/c1-20(15(21)9-17)14-7-6-10(18)8-12(14)16(22)11-4-2-3-5-13(11)19/h2-8H,9H2,1H3. The molecule has 0 spiro atoms. The molecule has 6 heteroatoms. The van der Waals surface area contributed by atoms with Crippen LogP contribution in [0.2, 0.25) is 10.0 Å². The zero-order valence-corrected chi connectivity index (χ0v) is 13.9. The van der Waals surface area contributed by atoms with Gasteiger partial charge < -0.3 is 4.90 Å². The smallest absolute Gasteiger partial charge is 0.241 e. The van der Waals surface area contributed by atoms with Crippen molar-refractivity contribution in [3.05, 3.63) is 63.6 Å². The van der Waals surface area contributed by atoms with Crippen LogP contribution in [-0.4, -0.2) is 24.6 Å². The zero-order valence-electron chi connectivity index (χ0n) is 11.6. The molecular formula is C16H12Cl3NO2. The Labute approximate surface area is 143 Å². The molecule has 0 saturated carbocycles. The Hall–Kier alpha value is -1.55. The van der Waals surface area contributed by atoms with E-state index in [2.05, 4.69) is 0 Å². The Morgan fingerprint density at radius 1 is 1.05 bits per heavy atom. The largest absolute Gasteiger partial charge is 0.314 e. The molecule has 1 amide bonds. The number of anilines is 1. The number of benzene rings is 2. The number of halogens is 3. The zero-order chi connectivity index (χ0) is 16.3. The normalized spacial score (nSPS) is 10.4. The van der Waals surface area contributed by atoms with Crippen LogP contribution in [0.4, 0.5) is 5.69 Å². The first kappa shape index (κ1) is 16.8. The Kier molecular flexibility index (Phi) is 5.46. The van der Waals surface area contributed by atoms with Crippen LogP contribution in [0.5, 0.6) is 0 Å². The van der Waals surface area contributed by atoms with Gasteiger partial charge >= 0.3 is 0 Å². The van der Waals surface area contributed by atoms with Gasteiger partial charge in [0.2, 0.25) is 5.91 Å². The highest BCUT2D eigenvalue weighted by Crippen LogP contribution is 2.28. The molecule has 2 aromatic rings. The molecule has 2 aromatic carbocycles. The Morgan fingerprint density at radius 2 is 1.73 bits per heavy atom. The lowest BCUT2D eigenvalue weighted by molar-refractivity contribution is -0.116. The molecule has 0 aliphatic rings. The van der Waals surface area contributed by atoms with E-state index in [0.717, 1.165) is 0 Å². The Balaban J connectivity index is 2.55. The molecule has 0 N–H and O–H groups in total. The maximum absolute atomic E-state index is 12.7. The quantitative estimate of drug-likeness (QED) is 0.600. The van der Waals surface area contributed by atoms with Gasteiger partial charge in [0, 0.05) is 23.2 Å². The van der Waals surface area contributed by atoms with Crippen molar-refractivity contribution in [3.63, 3.8) is 0 Å². The fraction of sp³-hybridized carbons (Fsp3) is 0.125. The summed E-state index contributed by atoms with van der Waals surface area (Å²) in [5.74, 6) is -0.812. The number of rotatable bonds is 4. The molecular weight excluding hydrogens is 345 g/mol.